The van der Waals surface area contributed by atoms with Gasteiger partial charge in [0.2, 0.25) is 5.91 Å². The molecule has 0 spiro atoms. The van der Waals surface area contributed by atoms with Crippen LogP contribution in [-0.2, 0) is 9.53 Å². The second-order valence-electron chi connectivity index (χ2n) is 7.88. The highest BCUT2D eigenvalue weighted by Crippen LogP contribution is 2.16. The Hall–Kier alpha value is -0.650. The first-order valence-electron chi connectivity index (χ1n) is 10.2. The normalized spacial score (nSPS) is 19.9. The SMILES string of the molecule is CCNC(=NCC(C)(C)N1CCOCC1)NCCN1CCN(C(C)=O)CC1.I. The summed E-state index contributed by atoms with van der Waals surface area (Å²) in [7, 11) is 0. The molecule has 0 radical (unpaired) electrons. The summed E-state index contributed by atoms with van der Waals surface area (Å²) in [5, 5.41) is 6.79. The lowest BCUT2D eigenvalue weighted by atomic mass is 10.0. The van der Waals surface area contributed by atoms with Crippen molar-refractivity contribution in [1.82, 2.24) is 25.3 Å². The van der Waals surface area contributed by atoms with Crippen LogP contribution in [0.3, 0.4) is 0 Å². The van der Waals surface area contributed by atoms with Gasteiger partial charge in [-0.2, -0.15) is 0 Å². The fourth-order valence-corrected chi connectivity index (χ4v) is 3.50. The molecule has 9 heteroatoms. The summed E-state index contributed by atoms with van der Waals surface area (Å²) in [6, 6.07) is 0. The molecule has 2 aliphatic heterocycles. The minimum atomic E-state index is 0. The third-order valence-corrected chi connectivity index (χ3v) is 5.37. The molecular weight excluding hydrogens is 471 g/mol. The minimum absolute atomic E-state index is 0. The van der Waals surface area contributed by atoms with E-state index in [1.807, 2.05) is 4.90 Å². The molecule has 0 bridgehead atoms. The van der Waals surface area contributed by atoms with Crippen molar-refractivity contribution in [3.8, 4) is 0 Å². The summed E-state index contributed by atoms with van der Waals surface area (Å²) in [4.78, 5) is 23.0. The number of carbonyl (C=O) groups is 1. The Bertz CT molecular complexity index is 489. The Labute approximate surface area is 187 Å². The van der Waals surface area contributed by atoms with E-state index < -0.39 is 0 Å². The lowest BCUT2D eigenvalue weighted by Gasteiger charge is -2.40. The van der Waals surface area contributed by atoms with Gasteiger partial charge in [-0.3, -0.25) is 19.6 Å². The van der Waals surface area contributed by atoms with Gasteiger partial charge in [-0.15, -0.1) is 24.0 Å². The Balaban J connectivity index is 0.00000392. The molecule has 2 saturated heterocycles. The highest BCUT2D eigenvalue weighted by atomic mass is 127. The van der Waals surface area contributed by atoms with E-state index in [-0.39, 0.29) is 35.4 Å². The molecule has 8 nitrogen and oxygen atoms in total. The molecule has 2 aliphatic rings. The van der Waals surface area contributed by atoms with Gasteiger partial charge in [0.1, 0.15) is 0 Å². The van der Waals surface area contributed by atoms with E-state index in [2.05, 4.69) is 41.2 Å². The highest BCUT2D eigenvalue weighted by molar-refractivity contribution is 14.0. The third kappa shape index (κ3) is 8.38. The lowest BCUT2D eigenvalue weighted by molar-refractivity contribution is -0.130. The monoisotopic (exact) mass is 510 g/mol. The highest BCUT2D eigenvalue weighted by Gasteiger charge is 2.28. The van der Waals surface area contributed by atoms with Crippen molar-refractivity contribution < 1.29 is 9.53 Å². The predicted molar refractivity (Wildman–Crippen MR) is 125 cm³/mol. The molecule has 0 aromatic carbocycles. The molecule has 0 aromatic heterocycles. The van der Waals surface area contributed by atoms with Crippen LogP contribution in [0.5, 0.6) is 0 Å². The molecule has 28 heavy (non-hydrogen) atoms. The van der Waals surface area contributed by atoms with Crippen LogP contribution >= 0.6 is 24.0 Å². The molecule has 1 amide bonds. The molecular formula is C19H39IN6O2. The van der Waals surface area contributed by atoms with Crippen molar-refractivity contribution in [2.45, 2.75) is 33.2 Å². The van der Waals surface area contributed by atoms with Gasteiger partial charge in [0, 0.05) is 71.4 Å². The Morgan fingerprint density at radius 2 is 1.71 bits per heavy atom. The predicted octanol–water partition coefficient (Wildman–Crippen LogP) is 0.434. The number of carbonyl (C=O) groups excluding carboxylic acids is 1. The molecule has 0 unspecified atom stereocenters. The van der Waals surface area contributed by atoms with E-state index in [1.54, 1.807) is 6.92 Å². The number of hydrogen-bond donors (Lipinski definition) is 2. The summed E-state index contributed by atoms with van der Waals surface area (Å²) in [5.74, 6) is 1.05. The van der Waals surface area contributed by atoms with E-state index in [0.717, 1.165) is 84.6 Å². The van der Waals surface area contributed by atoms with E-state index in [1.165, 1.54) is 0 Å². The molecule has 0 aliphatic carbocycles. The fraction of sp³-hybridized carbons (Fsp3) is 0.895. The molecule has 0 aromatic rings. The van der Waals surface area contributed by atoms with Crippen molar-refractivity contribution in [2.75, 3.05) is 78.7 Å². The van der Waals surface area contributed by atoms with Crippen molar-refractivity contribution in [1.29, 1.82) is 0 Å². The number of aliphatic imine (C=N–C) groups is 1. The smallest absolute Gasteiger partial charge is 0.219 e. The van der Waals surface area contributed by atoms with Crippen LogP contribution in [0.2, 0.25) is 0 Å². The van der Waals surface area contributed by atoms with E-state index >= 15 is 0 Å². The van der Waals surface area contributed by atoms with Gasteiger partial charge < -0.3 is 20.3 Å². The van der Waals surface area contributed by atoms with Crippen LogP contribution < -0.4 is 10.6 Å². The quantitative estimate of drug-likeness (QED) is 0.294. The van der Waals surface area contributed by atoms with E-state index in [4.69, 9.17) is 9.73 Å². The Morgan fingerprint density at radius 1 is 1.07 bits per heavy atom. The van der Waals surface area contributed by atoms with Crippen LogP contribution in [0.25, 0.3) is 0 Å². The largest absolute Gasteiger partial charge is 0.379 e. The maximum Gasteiger partial charge on any atom is 0.219 e. The first-order valence-corrected chi connectivity index (χ1v) is 10.2. The average Bonchev–Trinajstić information content (AvgIpc) is 2.67. The topological polar surface area (TPSA) is 72.4 Å². The summed E-state index contributed by atoms with van der Waals surface area (Å²) in [6.45, 7) is 18.8. The minimum Gasteiger partial charge on any atom is -0.379 e. The van der Waals surface area contributed by atoms with Gasteiger partial charge in [-0.05, 0) is 20.8 Å². The summed E-state index contributed by atoms with van der Waals surface area (Å²) in [5.41, 5.74) is 0.0230. The number of piperazine rings is 1. The van der Waals surface area contributed by atoms with Crippen LogP contribution in [0.15, 0.2) is 4.99 Å². The molecule has 0 saturated carbocycles. The second kappa shape index (κ2) is 12.8. The van der Waals surface area contributed by atoms with Crippen LogP contribution in [0.1, 0.15) is 27.7 Å². The van der Waals surface area contributed by atoms with Crippen LogP contribution in [0.4, 0.5) is 0 Å². The Morgan fingerprint density at radius 3 is 2.29 bits per heavy atom. The van der Waals surface area contributed by atoms with Gasteiger partial charge in [-0.1, -0.05) is 0 Å². The molecule has 2 heterocycles. The molecule has 2 N–H and O–H groups in total. The number of hydrogen-bond acceptors (Lipinski definition) is 5. The third-order valence-electron chi connectivity index (χ3n) is 5.37. The van der Waals surface area contributed by atoms with Gasteiger partial charge >= 0.3 is 0 Å². The number of amides is 1. The standard InChI is InChI=1S/C19H38N6O2.HI/c1-5-20-18(22-16-19(3,4)25-12-14-27-15-13-25)21-6-7-23-8-10-24(11-9-23)17(2)26;/h5-16H2,1-4H3,(H2,20,21,22);1H. The summed E-state index contributed by atoms with van der Waals surface area (Å²) in [6.07, 6.45) is 0. The Kier molecular flexibility index (Phi) is 11.6. The van der Waals surface area contributed by atoms with Crippen LogP contribution in [-0.4, -0.2) is 111 Å². The van der Waals surface area contributed by atoms with Gasteiger partial charge in [-0.25, -0.2) is 0 Å². The maximum absolute atomic E-state index is 11.4. The number of morpholine rings is 1. The first kappa shape index (κ1) is 25.4. The molecule has 2 rings (SSSR count). The van der Waals surface area contributed by atoms with Gasteiger partial charge in [0.05, 0.1) is 19.8 Å². The zero-order chi connectivity index (χ0) is 19.7. The van der Waals surface area contributed by atoms with Crippen molar-refractivity contribution >= 4 is 35.8 Å². The number of rotatable bonds is 7. The number of nitrogens with zero attached hydrogens (tertiary/aromatic N) is 4. The fourth-order valence-electron chi connectivity index (χ4n) is 3.50. The second-order valence-corrected chi connectivity index (χ2v) is 7.88. The van der Waals surface area contributed by atoms with Crippen LogP contribution in [0, 0.1) is 0 Å². The summed E-state index contributed by atoms with van der Waals surface area (Å²) >= 11 is 0. The number of halogens is 1. The maximum atomic E-state index is 11.4. The molecule has 2 fully saturated rings. The lowest BCUT2D eigenvalue weighted by Crippen LogP contribution is -2.52. The van der Waals surface area contributed by atoms with Gasteiger partial charge in [0.25, 0.3) is 0 Å². The molecule has 0 atom stereocenters. The average molecular weight is 510 g/mol. The number of nitrogens with one attached hydrogen (secondary N) is 2. The summed E-state index contributed by atoms with van der Waals surface area (Å²) < 4.78 is 5.46. The zero-order valence-corrected chi connectivity index (χ0v) is 20.3. The number of guanidine groups is 1. The zero-order valence-electron chi connectivity index (χ0n) is 18.0. The van der Waals surface area contributed by atoms with Gasteiger partial charge in [0.15, 0.2) is 5.96 Å². The van der Waals surface area contributed by atoms with E-state index in [9.17, 15) is 4.79 Å². The molecule has 164 valence electrons. The van der Waals surface area contributed by atoms with Crippen molar-refractivity contribution in [3.05, 3.63) is 0 Å². The van der Waals surface area contributed by atoms with Crippen molar-refractivity contribution in [2.24, 2.45) is 4.99 Å². The van der Waals surface area contributed by atoms with Crippen molar-refractivity contribution in [3.63, 3.8) is 0 Å². The first-order chi connectivity index (χ1) is 12.9. The van der Waals surface area contributed by atoms with E-state index in [0.29, 0.717) is 0 Å². The number of ether oxygens (including phenoxy) is 1.